The molecule has 158 valence electrons. The van der Waals surface area contributed by atoms with Crippen LogP contribution < -0.4 is 10.2 Å². The summed E-state index contributed by atoms with van der Waals surface area (Å²) in [6, 6.07) is 5.00. The summed E-state index contributed by atoms with van der Waals surface area (Å²) in [4.78, 5) is 14.7. The van der Waals surface area contributed by atoms with Gasteiger partial charge >= 0.3 is 0 Å². The third-order valence-corrected chi connectivity index (χ3v) is 6.98. The summed E-state index contributed by atoms with van der Waals surface area (Å²) in [5.74, 6) is -0.301. The van der Waals surface area contributed by atoms with Gasteiger partial charge in [-0.1, -0.05) is 24.6 Å². The highest BCUT2D eigenvalue weighted by Crippen LogP contribution is 2.31. The SMILES string of the molecule is CC=CC=CC(=O)Nc1cc(S(=O)(=O)N2CCCCC2)ccc1N1CCOCC1. The van der Waals surface area contributed by atoms with Gasteiger partial charge in [0.15, 0.2) is 0 Å². The van der Waals surface area contributed by atoms with Gasteiger partial charge in [-0.3, -0.25) is 4.79 Å². The maximum atomic E-state index is 13.1. The van der Waals surface area contributed by atoms with Crippen LogP contribution >= 0.6 is 0 Å². The fourth-order valence-electron chi connectivity index (χ4n) is 3.54. The number of allylic oxidation sites excluding steroid dienone is 3. The molecule has 0 bridgehead atoms. The third-order valence-electron chi connectivity index (χ3n) is 5.08. The van der Waals surface area contributed by atoms with Gasteiger partial charge in [-0.25, -0.2) is 8.42 Å². The van der Waals surface area contributed by atoms with Crippen molar-refractivity contribution in [3.05, 3.63) is 42.5 Å². The van der Waals surface area contributed by atoms with E-state index in [0.717, 1.165) is 24.9 Å². The van der Waals surface area contributed by atoms with Crippen molar-refractivity contribution in [2.24, 2.45) is 0 Å². The number of anilines is 2. The predicted molar refractivity (Wildman–Crippen MR) is 115 cm³/mol. The van der Waals surface area contributed by atoms with E-state index in [1.54, 1.807) is 30.4 Å². The Balaban J connectivity index is 1.92. The van der Waals surface area contributed by atoms with Crippen LogP contribution in [-0.4, -0.2) is 58.0 Å². The number of amides is 1. The molecule has 3 rings (SSSR count). The fourth-order valence-corrected chi connectivity index (χ4v) is 5.08. The molecule has 0 unspecified atom stereocenters. The van der Waals surface area contributed by atoms with E-state index in [2.05, 4.69) is 10.2 Å². The van der Waals surface area contributed by atoms with Crippen LogP contribution in [0.1, 0.15) is 26.2 Å². The molecule has 0 aromatic heterocycles. The first-order valence-electron chi connectivity index (χ1n) is 10.1. The highest BCUT2D eigenvalue weighted by Gasteiger charge is 2.27. The average molecular weight is 420 g/mol. The number of nitrogens with zero attached hydrogens (tertiary/aromatic N) is 2. The largest absolute Gasteiger partial charge is 0.378 e. The lowest BCUT2D eigenvalue weighted by atomic mass is 10.2. The zero-order valence-corrected chi connectivity index (χ0v) is 17.7. The standard InChI is InChI=1S/C21H29N3O4S/c1-2-3-5-8-21(25)22-19-17-18(29(26,27)24-11-6-4-7-12-24)9-10-20(19)23-13-15-28-16-14-23/h2-3,5,8-10,17H,4,6-7,11-16H2,1H3,(H,22,25). The molecular weight excluding hydrogens is 390 g/mol. The van der Waals surface area contributed by atoms with Crippen LogP contribution in [0.15, 0.2) is 47.4 Å². The molecule has 8 heteroatoms. The minimum atomic E-state index is -3.58. The minimum absolute atomic E-state index is 0.212. The van der Waals surface area contributed by atoms with Gasteiger partial charge in [0.05, 0.1) is 29.5 Å². The number of carbonyl (C=O) groups is 1. The van der Waals surface area contributed by atoms with Gasteiger partial charge in [0, 0.05) is 32.3 Å². The molecule has 29 heavy (non-hydrogen) atoms. The number of hydrogen-bond donors (Lipinski definition) is 1. The number of benzene rings is 1. The topological polar surface area (TPSA) is 79.0 Å². The summed E-state index contributed by atoms with van der Waals surface area (Å²) < 4.78 is 33.1. The number of carbonyl (C=O) groups excluding carboxylic acids is 1. The summed E-state index contributed by atoms with van der Waals surface area (Å²) in [7, 11) is -3.58. The number of piperidine rings is 1. The van der Waals surface area contributed by atoms with Gasteiger partial charge in [-0.15, -0.1) is 0 Å². The monoisotopic (exact) mass is 419 g/mol. The zero-order chi connectivity index (χ0) is 20.7. The number of ether oxygens (including phenoxy) is 1. The molecule has 2 heterocycles. The first-order chi connectivity index (χ1) is 14.0. The molecule has 0 spiro atoms. The molecule has 0 atom stereocenters. The highest BCUT2D eigenvalue weighted by molar-refractivity contribution is 7.89. The molecule has 1 aromatic rings. The molecule has 7 nitrogen and oxygen atoms in total. The lowest BCUT2D eigenvalue weighted by Crippen LogP contribution is -2.37. The van der Waals surface area contributed by atoms with E-state index in [9.17, 15) is 13.2 Å². The smallest absolute Gasteiger partial charge is 0.248 e. The van der Waals surface area contributed by atoms with Crippen molar-refractivity contribution in [2.45, 2.75) is 31.1 Å². The Morgan fingerprint density at radius 2 is 1.79 bits per heavy atom. The van der Waals surface area contributed by atoms with E-state index in [4.69, 9.17) is 4.74 Å². The second-order valence-electron chi connectivity index (χ2n) is 7.12. The van der Waals surface area contributed by atoms with Gasteiger partial charge < -0.3 is 15.0 Å². The van der Waals surface area contributed by atoms with Crippen molar-refractivity contribution in [1.82, 2.24) is 4.31 Å². The number of rotatable bonds is 6. The number of sulfonamides is 1. The summed E-state index contributed by atoms with van der Waals surface area (Å²) in [5, 5.41) is 2.86. The Hall–Kier alpha value is -2.16. The van der Waals surface area contributed by atoms with Crippen LogP contribution in [0.2, 0.25) is 0 Å². The molecule has 1 N–H and O–H groups in total. The van der Waals surface area contributed by atoms with E-state index in [0.29, 0.717) is 45.1 Å². The molecule has 0 aliphatic carbocycles. The molecule has 0 radical (unpaired) electrons. The second-order valence-corrected chi connectivity index (χ2v) is 9.06. The average Bonchev–Trinajstić information content (AvgIpc) is 2.75. The molecule has 1 aromatic carbocycles. The maximum absolute atomic E-state index is 13.1. The van der Waals surface area contributed by atoms with Gasteiger partial charge in [-0.05, 0) is 38.0 Å². The van der Waals surface area contributed by atoms with Crippen LogP contribution in [0.5, 0.6) is 0 Å². The van der Waals surface area contributed by atoms with Gasteiger partial charge in [0.2, 0.25) is 15.9 Å². The Morgan fingerprint density at radius 1 is 1.07 bits per heavy atom. The molecular formula is C21H29N3O4S. The van der Waals surface area contributed by atoms with Crippen LogP contribution in [0, 0.1) is 0 Å². The van der Waals surface area contributed by atoms with Gasteiger partial charge in [-0.2, -0.15) is 4.31 Å². The lowest BCUT2D eigenvalue weighted by molar-refractivity contribution is -0.111. The highest BCUT2D eigenvalue weighted by atomic mass is 32.2. The quantitative estimate of drug-likeness (QED) is 0.567. The van der Waals surface area contributed by atoms with E-state index in [1.807, 2.05) is 13.0 Å². The van der Waals surface area contributed by atoms with Crippen LogP contribution in [0.4, 0.5) is 11.4 Å². The first kappa shape index (κ1) is 21.5. The van der Waals surface area contributed by atoms with E-state index >= 15 is 0 Å². The molecule has 2 aliphatic rings. The Kier molecular flexibility index (Phi) is 7.46. The summed E-state index contributed by atoms with van der Waals surface area (Å²) in [5.41, 5.74) is 1.30. The number of hydrogen-bond acceptors (Lipinski definition) is 5. The molecule has 2 saturated heterocycles. The number of nitrogens with one attached hydrogen (secondary N) is 1. The van der Waals surface area contributed by atoms with Crippen molar-refractivity contribution < 1.29 is 17.9 Å². The van der Waals surface area contributed by atoms with E-state index in [-0.39, 0.29) is 10.8 Å². The zero-order valence-electron chi connectivity index (χ0n) is 16.8. The maximum Gasteiger partial charge on any atom is 0.248 e. The molecule has 1 amide bonds. The van der Waals surface area contributed by atoms with Crippen molar-refractivity contribution in [2.75, 3.05) is 49.6 Å². The van der Waals surface area contributed by atoms with Crippen molar-refractivity contribution in [1.29, 1.82) is 0 Å². The summed E-state index contributed by atoms with van der Waals surface area (Å²) in [6.07, 6.45) is 9.48. The third kappa shape index (κ3) is 5.46. The second kappa shape index (κ2) is 10.0. The molecule has 2 aliphatic heterocycles. The van der Waals surface area contributed by atoms with Gasteiger partial charge in [0.1, 0.15) is 0 Å². The van der Waals surface area contributed by atoms with Crippen molar-refractivity contribution in [3.8, 4) is 0 Å². The van der Waals surface area contributed by atoms with Crippen LogP contribution in [-0.2, 0) is 19.6 Å². The Morgan fingerprint density at radius 3 is 2.48 bits per heavy atom. The predicted octanol–water partition coefficient (Wildman–Crippen LogP) is 2.77. The van der Waals surface area contributed by atoms with E-state index < -0.39 is 10.0 Å². The summed E-state index contributed by atoms with van der Waals surface area (Å²) >= 11 is 0. The van der Waals surface area contributed by atoms with E-state index in [1.165, 1.54) is 10.4 Å². The van der Waals surface area contributed by atoms with Crippen molar-refractivity contribution >= 4 is 27.3 Å². The summed E-state index contributed by atoms with van der Waals surface area (Å²) in [6.45, 7) is 5.53. The van der Waals surface area contributed by atoms with Crippen LogP contribution in [0.25, 0.3) is 0 Å². The van der Waals surface area contributed by atoms with Crippen LogP contribution in [0.3, 0.4) is 0 Å². The fraction of sp³-hybridized carbons (Fsp3) is 0.476. The van der Waals surface area contributed by atoms with Crippen molar-refractivity contribution in [3.63, 3.8) is 0 Å². The Labute approximate surface area is 173 Å². The van der Waals surface area contributed by atoms with Gasteiger partial charge in [0.25, 0.3) is 0 Å². The minimum Gasteiger partial charge on any atom is -0.378 e. The molecule has 0 saturated carbocycles. The normalized spacial score (nSPS) is 19.1. The Bertz CT molecular complexity index is 868. The lowest BCUT2D eigenvalue weighted by Gasteiger charge is -2.31. The number of morpholine rings is 1. The molecule has 2 fully saturated rings. The first-order valence-corrected chi connectivity index (χ1v) is 11.5.